The number of aryl methyl sites for hydroxylation is 2. The summed E-state index contributed by atoms with van der Waals surface area (Å²) in [5.74, 6) is 0.590. The van der Waals surface area contributed by atoms with Gasteiger partial charge in [-0.3, -0.25) is 14.5 Å². The van der Waals surface area contributed by atoms with Crippen LogP contribution in [-0.2, 0) is 26.6 Å². The van der Waals surface area contributed by atoms with Gasteiger partial charge >= 0.3 is 0 Å². The van der Waals surface area contributed by atoms with Gasteiger partial charge in [-0.2, -0.15) is 5.10 Å². The Hall–Kier alpha value is -2.77. The van der Waals surface area contributed by atoms with Crippen LogP contribution in [0, 0.1) is 24.5 Å². The smallest absolute Gasteiger partial charge is 0.131 e. The molecular formula is C28H36F2N4O. The number of hydrogen-bond acceptors (Lipinski definition) is 4. The molecule has 35 heavy (non-hydrogen) atoms. The molecule has 1 atom stereocenters. The summed E-state index contributed by atoms with van der Waals surface area (Å²) >= 11 is 0. The molecule has 3 aromatic rings. The van der Waals surface area contributed by atoms with Crippen molar-refractivity contribution in [1.29, 1.82) is 0 Å². The first-order valence-corrected chi connectivity index (χ1v) is 12.3. The molecule has 1 aliphatic rings. The molecule has 0 N–H and O–H groups in total. The molecule has 1 aromatic heterocycles. The van der Waals surface area contributed by atoms with E-state index in [1.54, 1.807) is 19.2 Å². The minimum Gasteiger partial charge on any atom is -0.497 e. The molecule has 1 aliphatic heterocycles. The number of likely N-dealkylation sites (tertiary alicyclic amines) is 1. The Labute approximate surface area is 207 Å². The van der Waals surface area contributed by atoms with Crippen LogP contribution in [0.1, 0.15) is 35.2 Å². The van der Waals surface area contributed by atoms with Crippen molar-refractivity contribution < 1.29 is 13.5 Å². The fourth-order valence-electron chi connectivity index (χ4n) is 5.28. The lowest BCUT2D eigenvalue weighted by Crippen LogP contribution is -2.45. The quantitative estimate of drug-likeness (QED) is 0.431. The van der Waals surface area contributed by atoms with E-state index in [1.165, 1.54) is 11.6 Å². The van der Waals surface area contributed by atoms with Crippen LogP contribution in [-0.4, -0.2) is 52.9 Å². The zero-order valence-electron chi connectivity index (χ0n) is 21.2. The molecule has 1 saturated heterocycles. The Kier molecular flexibility index (Phi) is 8.19. The van der Waals surface area contributed by atoms with E-state index >= 15 is 0 Å². The fraction of sp³-hybridized carbons (Fsp3) is 0.464. The van der Waals surface area contributed by atoms with Crippen LogP contribution in [0.3, 0.4) is 0 Å². The zero-order chi connectivity index (χ0) is 24.9. The second-order valence-corrected chi connectivity index (χ2v) is 9.76. The second-order valence-electron chi connectivity index (χ2n) is 9.76. The van der Waals surface area contributed by atoms with Gasteiger partial charge in [0, 0.05) is 49.6 Å². The van der Waals surface area contributed by atoms with Crippen LogP contribution in [0.15, 0.2) is 48.7 Å². The zero-order valence-corrected chi connectivity index (χ0v) is 21.2. The maximum absolute atomic E-state index is 14.6. The number of rotatable bonds is 9. The maximum atomic E-state index is 14.6. The molecule has 5 nitrogen and oxygen atoms in total. The molecule has 2 heterocycles. The number of aromatic nitrogens is 2. The van der Waals surface area contributed by atoms with Crippen LogP contribution in [0.5, 0.6) is 5.75 Å². The van der Waals surface area contributed by atoms with E-state index in [9.17, 15) is 8.78 Å². The summed E-state index contributed by atoms with van der Waals surface area (Å²) in [6, 6.07) is 12.4. The van der Waals surface area contributed by atoms with Crippen LogP contribution in [0.4, 0.5) is 8.78 Å². The van der Waals surface area contributed by atoms with Gasteiger partial charge in [0.05, 0.1) is 12.8 Å². The molecule has 0 bridgehead atoms. The van der Waals surface area contributed by atoms with Gasteiger partial charge in [-0.25, -0.2) is 8.78 Å². The monoisotopic (exact) mass is 482 g/mol. The second kappa shape index (κ2) is 11.3. The van der Waals surface area contributed by atoms with E-state index in [-0.39, 0.29) is 17.7 Å². The summed E-state index contributed by atoms with van der Waals surface area (Å²) < 4.78 is 36.0. The number of hydrogen-bond donors (Lipinski definition) is 0. The first-order chi connectivity index (χ1) is 16.8. The first kappa shape index (κ1) is 25.3. The van der Waals surface area contributed by atoms with Crippen molar-refractivity contribution in [3.63, 3.8) is 0 Å². The van der Waals surface area contributed by atoms with Gasteiger partial charge in [0.25, 0.3) is 0 Å². The van der Waals surface area contributed by atoms with Gasteiger partial charge in [-0.15, -0.1) is 0 Å². The summed E-state index contributed by atoms with van der Waals surface area (Å²) in [6.45, 7) is 5.18. The predicted molar refractivity (Wildman–Crippen MR) is 134 cm³/mol. The minimum absolute atomic E-state index is 0.143. The molecule has 0 aliphatic carbocycles. The highest BCUT2D eigenvalue weighted by atomic mass is 19.1. The van der Waals surface area contributed by atoms with Crippen molar-refractivity contribution in [2.24, 2.45) is 13.0 Å². The van der Waals surface area contributed by atoms with Gasteiger partial charge in [-0.1, -0.05) is 24.3 Å². The van der Waals surface area contributed by atoms with Gasteiger partial charge < -0.3 is 4.74 Å². The number of likely N-dealkylation sites (N-methyl/N-ethyl adjacent to an activating group) is 1. The third-order valence-corrected chi connectivity index (χ3v) is 7.32. The number of benzene rings is 2. The van der Waals surface area contributed by atoms with Gasteiger partial charge in [0.2, 0.25) is 0 Å². The average molecular weight is 483 g/mol. The molecule has 1 fully saturated rings. The Bertz CT molecular complexity index is 1120. The molecule has 0 saturated carbocycles. The Morgan fingerprint density at radius 2 is 1.80 bits per heavy atom. The molecule has 0 unspecified atom stereocenters. The molecule has 0 spiro atoms. The molecule has 188 valence electrons. The minimum atomic E-state index is -0.226. The number of nitrogens with zero attached hydrogens (tertiary/aromatic N) is 4. The standard InChI is InChI=1S/C28H36F2N4O/c1-20-24(18-33(3)31-20)17-32(2)28(15-22-7-5-6-8-26(22)29)21-11-13-34(14-12-21)19-23-9-10-25(35-4)16-27(23)30/h5-10,16,18,21,28H,11-15,17,19H2,1-4H3/t28-/m1/s1. The highest BCUT2D eigenvalue weighted by Gasteiger charge is 2.30. The average Bonchev–Trinajstić information content (AvgIpc) is 3.16. The van der Waals surface area contributed by atoms with E-state index in [2.05, 4.69) is 28.1 Å². The molecular weight excluding hydrogens is 446 g/mol. The van der Waals surface area contributed by atoms with E-state index < -0.39 is 0 Å². The van der Waals surface area contributed by atoms with E-state index in [0.717, 1.165) is 43.7 Å². The number of piperidine rings is 1. The Morgan fingerprint density at radius 1 is 1.06 bits per heavy atom. The fourth-order valence-corrected chi connectivity index (χ4v) is 5.28. The molecule has 0 amide bonds. The van der Waals surface area contributed by atoms with Crippen LogP contribution < -0.4 is 4.74 Å². The lowest BCUT2D eigenvalue weighted by molar-refractivity contribution is 0.0943. The van der Waals surface area contributed by atoms with Crippen LogP contribution >= 0.6 is 0 Å². The number of ether oxygens (including phenoxy) is 1. The van der Waals surface area contributed by atoms with E-state index in [0.29, 0.717) is 30.2 Å². The SMILES string of the molecule is COc1ccc(CN2CCC([C@@H](Cc3ccccc3F)N(C)Cc3cn(C)nc3C)CC2)c(F)c1. The topological polar surface area (TPSA) is 33.5 Å². The van der Waals surface area contributed by atoms with E-state index in [4.69, 9.17) is 4.74 Å². The lowest BCUT2D eigenvalue weighted by Gasteiger charge is -2.40. The maximum Gasteiger partial charge on any atom is 0.131 e. The third kappa shape index (κ3) is 6.27. The predicted octanol–water partition coefficient (Wildman–Crippen LogP) is 4.97. The van der Waals surface area contributed by atoms with Crippen molar-refractivity contribution in [1.82, 2.24) is 19.6 Å². The van der Waals surface area contributed by atoms with Crippen molar-refractivity contribution in [2.45, 2.75) is 45.3 Å². The summed E-state index contributed by atoms with van der Waals surface area (Å²) in [5, 5.41) is 4.49. The lowest BCUT2D eigenvalue weighted by atomic mass is 9.84. The van der Waals surface area contributed by atoms with Crippen molar-refractivity contribution in [3.8, 4) is 5.75 Å². The summed E-state index contributed by atoms with van der Waals surface area (Å²) in [7, 11) is 5.62. The summed E-state index contributed by atoms with van der Waals surface area (Å²) in [5.41, 5.74) is 3.67. The normalized spacial score (nSPS) is 16.1. The van der Waals surface area contributed by atoms with Gasteiger partial charge in [-0.05, 0) is 69.9 Å². The summed E-state index contributed by atoms with van der Waals surface area (Å²) in [6.07, 6.45) is 4.72. The number of halogens is 2. The third-order valence-electron chi connectivity index (χ3n) is 7.32. The van der Waals surface area contributed by atoms with Gasteiger partial charge in [0.15, 0.2) is 0 Å². The Balaban J connectivity index is 1.45. The van der Waals surface area contributed by atoms with Crippen molar-refractivity contribution in [3.05, 3.63) is 82.7 Å². The van der Waals surface area contributed by atoms with Crippen molar-refractivity contribution >= 4 is 0 Å². The largest absolute Gasteiger partial charge is 0.497 e. The molecule has 2 aromatic carbocycles. The summed E-state index contributed by atoms with van der Waals surface area (Å²) in [4.78, 5) is 4.67. The highest BCUT2D eigenvalue weighted by Crippen LogP contribution is 2.29. The van der Waals surface area contributed by atoms with Crippen molar-refractivity contribution in [2.75, 3.05) is 27.2 Å². The van der Waals surface area contributed by atoms with Crippen LogP contribution in [0.2, 0.25) is 0 Å². The first-order valence-electron chi connectivity index (χ1n) is 12.3. The molecule has 0 radical (unpaired) electrons. The number of methoxy groups -OCH3 is 1. The van der Waals surface area contributed by atoms with Gasteiger partial charge in [0.1, 0.15) is 17.4 Å². The molecule has 4 rings (SSSR count). The molecule has 7 heteroatoms. The highest BCUT2D eigenvalue weighted by molar-refractivity contribution is 5.29. The van der Waals surface area contributed by atoms with E-state index in [1.807, 2.05) is 42.9 Å². The van der Waals surface area contributed by atoms with Crippen LogP contribution in [0.25, 0.3) is 0 Å². The Morgan fingerprint density at radius 3 is 2.43 bits per heavy atom.